The first kappa shape index (κ1) is 25.6. The summed E-state index contributed by atoms with van der Waals surface area (Å²) < 4.78 is 5.90. The molecule has 1 aliphatic carbocycles. The molecule has 0 saturated carbocycles. The SMILES string of the molecule is CC.CC1(C)CC(=O)C2=C(C1)Nc1c(O)cccc1NC2c1ccc(OCc2cccnc2)cc1Cl. The summed E-state index contributed by atoms with van der Waals surface area (Å²) in [5.74, 6) is 0.822. The first-order chi connectivity index (χ1) is 17.3. The van der Waals surface area contributed by atoms with Gasteiger partial charge in [-0.25, -0.2) is 0 Å². The number of phenolic OH excluding ortho intramolecular Hbond substituents is 1. The number of carbonyl (C=O) groups excluding carboxylic acids is 1. The molecule has 0 spiro atoms. The summed E-state index contributed by atoms with van der Waals surface area (Å²) in [5.41, 5.74) is 4.28. The number of benzene rings is 2. The number of allylic oxidation sites excluding steroid dienone is 1. The molecule has 2 aromatic carbocycles. The number of nitrogens with zero attached hydrogens (tertiary/aromatic N) is 1. The highest BCUT2D eigenvalue weighted by Crippen LogP contribution is 2.48. The number of fused-ring (bicyclic) bond motifs is 1. The zero-order valence-corrected chi connectivity index (χ0v) is 21.8. The average molecular weight is 506 g/mol. The van der Waals surface area contributed by atoms with Crippen molar-refractivity contribution in [3.8, 4) is 11.5 Å². The maximum Gasteiger partial charge on any atom is 0.163 e. The lowest BCUT2D eigenvalue weighted by molar-refractivity contribution is -0.118. The minimum atomic E-state index is -0.464. The zero-order valence-electron chi connectivity index (χ0n) is 21.1. The molecular weight excluding hydrogens is 474 g/mol. The number of phenols is 1. The van der Waals surface area contributed by atoms with Crippen molar-refractivity contribution in [2.75, 3.05) is 10.6 Å². The van der Waals surface area contributed by atoms with E-state index in [4.69, 9.17) is 16.3 Å². The van der Waals surface area contributed by atoms with Crippen LogP contribution in [0.3, 0.4) is 0 Å². The Bertz CT molecular complexity index is 1290. The van der Waals surface area contributed by atoms with E-state index in [1.807, 2.05) is 44.2 Å². The number of anilines is 2. The summed E-state index contributed by atoms with van der Waals surface area (Å²) in [5, 5.41) is 17.8. The van der Waals surface area contributed by atoms with Crippen LogP contribution in [0.15, 0.2) is 72.2 Å². The Kier molecular flexibility index (Phi) is 7.55. The van der Waals surface area contributed by atoms with E-state index < -0.39 is 6.04 Å². The first-order valence-corrected chi connectivity index (χ1v) is 12.6. The molecule has 2 aliphatic rings. The normalized spacial score (nSPS) is 17.9. The lowest BCUT2D eigenvalue weighted by Gasteiger charge is -2.34. The van der Waals surface area contributed by atoms with Crippen LogP contribution in [0.2, 0.25) is 5.02 Å². The van der Waals surface area contributed by atoms with Crippen molar-refractivity contribution in [3.05, 3.63) is 88.3 Å². The molecule has 3 aromatic rings. The van der Waals surface area contributed by atoms with Gasteiger partial charge < -0.3 is 20.5 Å². The van der Waals surface area contributed by atoms with Gasteiger partial charge >= 0.3 is 0 Å². The summed E-state index contributed by atoms with van der Waals surface area (Å²) in [7, 11) is 0. The van der Waals surface area contributed by atoms with E-state index in [0.717, 1.165) is 16.8 Å². The largest absolute Gasteiger partial charge is 0.506 e. The van der Waals surface area contributed by atoms with E-state index in [2.05, 4.69) is 29.5 Å². The smallest absolute Gasteiger partial charge is 0.163 e. The highest BCUT2D eigenvalue weighted by atomic mass is 35.5. The molecule has 188 valence electrons. The van der Waals surface area contributed by atoms with Gasteiger partial charge in [0.05, 0.1) is 11.7 Å². The average Bonchev–Trinajstić information content (AvgIpc) is 3.01. The number of Topliss-reactive ketones (excluding diaryl/α,β-unsaturated/α-hetero) is 1. The lowest BCUT2D eigenvalue weighted by Crippen LogP contribution is -2.31. The van der Waals surface area contributed by atoms with E-state index in [1.165, 1.54) is 0 Å². The Morgan fingerprint density at radius 1 is 1.14 bits per heavy atom. The summed E-state index contributed by atoms with van der Waals surface area (Å²) in [6, 6.07) is 14.2. The van der Waals surface area contributed by atoms with Crippen molar-refractivity contribution in [3.63, 3.8) is 0 Å². The molecule has 0 fully saturated rings. The Balaban J connectivity index is 0.00000148. The maximum absolute atomic E-state index is 13.4. The molecule has 3 N–H and O–H groups in total. The van der Waals surface area contributed by atoms with E-state index in [-0.39, 0.29) is 16.9 Å². The summed E-state index contributed by atoms with van der Waals surface area (Å²) >= 11 is 6.76. The van der Waals surface area contributed by atoms with Crippen LogP contribution >= 0.6 is 11.6 Å². The minimum absolute atomic E-state index is 0.0662. The molecule has 36 heavy (non-hydrogen) atoms. The number of rotatable bonds is 4. The topological polar surface area (TPSA) is 83.5 Å². The minimum Gasteiger partial charge on any atom is -0.506 e. The molecule has 0 saturated heterocycles. The molecule has 2 heterocycles. The molecule has 1 aliphatic heterocycles. The lowest BCUT2D eigenvalue weighted by atomic mass is 9.73. The molecule has 0 amide bonds. The Labute approximate surface area is 217 Å². The Hall–Kier alpha value is -3.51. The van der Waals surface area contributed by atoms with Crippen LogP contribution in [0.25, 0.3) is 0 Å². The quantitative estimate of drug-likeness (QED) is 0.323. The number of carbonyl (C=O) groups is 1. The van der Waals surface area contributed by atoms with Crippen LogP contribution < -0.4 is 15.4 Å². The second-order valence-corrected chi connectivity index (χ2v) is 9.98. The van der Waals surface area contributed by atoms with Crippen LogP contribution in [-0.2, 0) is 11.4 Å². The third kappa shape index (κ3) is 5.34. The van der Waals surface area contributed by atoms with Crippen molar-refractivity contribution >= 4 is 28.8 Å². The molecular formula is C29H32ClN3O3. The first-order valence-electron chi connectivity index (χ1n) is 12.2. The molecule has 5 rings (SSSR count). The molecule has 0 bridgehead atoms. The van der Waals surface area contributed by atoms with Crippen molar-refractivity contribution < 1.29 is 14.6 Å². The van der Waals surface area contributed by atoms with E-state index in [9.17, 15) is 9.90 Å². The third-order valence-electron chi connectivity index (χ3n) is 6.24. The molecule has 7 heteroatoms. The number of ether oxygens (including phenoxy) is 1. The summed E-state index contributed by atoms with van der Waals surface area (Å²) in [6.07, 6.45) is 4.61. The van der Waals surface area contributed by atoms with Gasteiger partial charge in [-0.05, 0) is 47.7 Å². The van der Waals surface area contributed by atoms with Crippen molar-refractivity contribution in [1.82, 2.24) is 4.98 Å². The van der Waals surface area contributed by atoms with Crippen LogP contribution in [0, 0.1) is 5.41 Å². The van der Waals surface area contributed by atoms with Crippen LogP contribution in [0.1, 0.15) is 57.7 Å². The van der Waals surface area contributed by atoms with Crippen molar-refractivity contribution in [2.45, 2.75) is 53.2 Å². The fourth-order valence-electron chi connectivity index (χ4n) is 4.67. The maximum atomic E-state index is 13.4. The van der Waals surface area contributed by atoms with Crippen LogP contribution in [0.4, 0.5) is 11.4 Å². The van der Waals surface area contributed by atoms with Gasteiger partial charge in [0.2, 0.25) is 0 Å². The number of aromatic nitrogens is 1. The third-order valence-corrected chi connectivity index (χ3v) is 6.57. The number of aromatic hydroxyl groups is 1. The van der Waals surface area contributed by atoms with Crippen molar-refractivity contribution in [1.29, 1.82) is 0 Å². The predicted molar refractivity (Wildman–Crippen MR) is 145 cm³/mol. The summed E-state index contributed by atoms with van der Waals surface area (Å²) in [6.45, 7) is 8.54. The predicted octanol–water partition coefficient (Wildman–Crippen LogP) is 7.27. The Morgan fingerprint density at radius 3 is 2.67 bits per heavy atom. The van der Waals surface area contributed by atoms with E-state index >= 15 is 0 Å². The van der Waals surface area contributed by atoms with Gasteiger partial charge in [0.25, 0.3) is 0 Å². The zero-order chi connectivity index (χ0) is 25.9. The fourth-order valence-corrected chi connectivity index (χ4v) is 4.95. The molecule has 0 radical (unpaired) electrons. The molecule has 1 aromatic heterocycles. The van der Waals surface area contributed by atoms with Gasteiger partial charge in [0.1, 0.15) is 23.8 Å². The van der Waals surface area contributed by atoms with Gasteiger partial charge in [-0.3, -0.25) is 9.78 Å². The number of pyridine rings is 1. The van der Waals surface area contributed by atoms with Crippen LogP contribution in [-0.4, -0.2) is 15.9 Å². The van der Waals surface area contributed by atoms with Gasteiger partial charge in [0.15, 0.2) is 5.78 Å². The van der Waals surface area contributed by atoms with E-state index in [1.54, 1.807) is 30.6 Å². The number of halogens is 1. The molecule has 1 unspecified atom stereocenters. The standard InChI is InChI=1S/C27H26ClN3O3.C2H6/c1-27(2)12-21-24(23(33)13-27)25(30-20-6-3-7-22(32)26(20)31-21)18-9-8-17(11-19(18)28)34-15-16-5-4-10-29-14-16;1-2/h3-11,14,25,30-32H,12-13,15H2,1-2H3;1-2H3. The second-order valence-electron chi connectivity index (χ2n) is 9.57. The van der Waals surface area contributed by atoms with E-state index in [0.29, 0.717) is 47.2 Å². The Morgan fingerprint density at radius 2 is 1.94 bits per heavy atom. The van der Waals surface area contributed by atoms with Gasteiger partial charge in [-0.15, -0.1) is 0 Å². The van der Waals surface area contributed by atoms with Gasteiger partial charge in [0, 0.05) is 40.7 Å². The highest BCUT2D eigenvalue weighted by molar-refractivity contribution is 6.31. The fraction of sp³-hybridized carbons (Fsp3) is 0.310. The number of para-hydroxylation sites is 1. The monoisotopic (exact) mass is 505 g/mol. The molecule has 6 nitrogen and oxygen atoms in total. The van der Waals surface area contributed by atoms with Crippen LogP contribution in [0.5, 0.6) is 11.5 Å². The van der Waals surface area contributed by atoms with Gasteiger partial charge in [-0.2, -0.15) is 0 Å². The van der Waals surface area contributed by atoms with Crippen molar-refractivity contribution in [2.24, 2.45) is 5.41 Å². The second kappa shape index (κ2) is 10.6. The highest BCUT2D eigenvalue weighted by Gasteiger charge is 2.39. The summed E-state index contributed by atoms with van der Waals surface area (Å²) in [4.78, 5) is 17.5. The molecule has 1 atom stereocenters. The number of hydrogen-bond acceptors (Lipinski definition) is 6. The number of ketones is 1. The van der Waals surface area contributed by atoms with Gasteiger partial charge in [-0.1, -0.05) is 57.5 Å². The number of hydrogen-bond donors (Lipinski definition) is 3. The number of nitrogens with one attached hydrogen (secondary N) is 2.